The molecule has 0 heterocycles. The molecular weight excluding hydrogens is 198 g/mol. The van der Waals surface area contributed by atoms with E-state index in [0.29, 0.717) is 5.30 Å². The molecule has 0 aromatic heterocycles. The molecule has 1 rings (SSSR count). The van der Waals surface area contributed by atoms with Gasteiger partial charge in [0.1, 0.15) is 5.82 Å². The van der Waals surface area contributed by atoms with Crippen LogP contribution < -0.4 is 5.30 Å². The van der Waals surface area contributed by atoms with Crippen LogP contribution in [0.2, 0.25) is 5.02 Å². The molecule has 1 atom stereocenters. The van der Waals surface area contributed by atoms with Crippen LogP contribution in [0.1, 0.15) is 17.3 Å². The Labute approximate surface area is 77.1 Å². The monoisotopic (exact) mass is 204 g/mol. The smallest absolute Gasteiger partial charge is 0.161 e. The summed E-state index contributed by atoms with van der Waals surface area (Å²) < 4.78 is 12.9. The maximum absolute atomic E-state index is 12.9. The molecule has 0 saturated carbocycles. The van der Waals surface area contributed by atoms with Gasteiger partial charge in [-0.05, 0) is 19.1 Å². The number of carbonyl (C=O) groups excluding carboxylic acids is 1. The van der Waals surface area contributed by atoms with E-state index in [1.165, 1.54) is 13.0 Å². The van der Waals surface area contributed by atoms with E-state index in [1.54, 1.807) is 0 Å². The van der Waals surface area contributed by atoms with E-state index in [4.69, 9.17) is 11.6 Å². The minimum Gasteiger partial charge on any atom is -0.294 e. The summed E-state index contributed by atoms with van der Waals surface area (Å²) in [5.74, 6) is -0.668. The molecule has 12 heavy (non-hydrogen) atoms. The van der Waals surface area contributed by atoms with Gasteiger partial charge in [0.15, 0.2) is 5.78 Å². The first kappa shape index (κ1) is 9.63. The fraction of sp³-hybridized carbons (Fsp3) is 0.125. The van der Waals surface area contributed by atoms with Crippen LogP contribution in [0.15, 0.2) is 12.1 Å². The highest BCUT2D eigenvalue weighted by molar-refractivity contribution is 7.27. The topological polar surface area (TPSA) is 17.1 Å². The largest absolute Gasteiger partial charge is 0.294 e. The first-order chi connectivity index (χ1) is 5.52. The summed E-state index contributed by atoms with van der Waals surface area (Å²) in [7, 11) is 2.21. The average Bonchev–Trinajstić information content (AvgIpc) is 1.96. The summed E-state index contributed by atoms with van der Waals surface area (Å²) >= 11 is 5.70. The molecule has 4 heteroatoms. The second-order valence-electron chi connectivity index (χ2n) is 2.41. The Morgan fingerprint density at radius 1 is 1.58 bits per heavy atom. The molecule has 1 aromatic carbocycles. The number of hydrogen-bond donors (Lipinski definition) is 0. The van der Waals surface area contributed by atoms with Crippen molar-refractivity contribution in [3.8, 4) is 0 Å². The van der Waals surface area contributed by atoms with Crippen LogP contribution in [0.4, 0.5) is 4.39 Å². The van der Waals surface area contributed by atoms with Crippen molar-refractivity contribution in [1.82, 2.24) is 0 Å². The second kappa shape index (κ2) is 3.51. The highest BCUT2D eigenvalue weighted by Gasteiger charge is 2.08. The number of carbonyl (C=O) groups is 1. The Bertz CT molecular complexity index is 338. The van der Waals surface area contributed by atoms with Gasteiger partial charge in [0.05, 0.1) is 5.02 Å². The van der Waals surface area contributed by atoms with Crippen molar-refractivity contribution in [1.29, 1.82) is 0 Å². The fourth-order valence-electron chi connectivity index (χ4n) is 0.832. The predicted octanol–water partition coefficient (Wildman–Crippen LogP) is 2.18. The van der Waals surface area contributed by atoms with Crippen molar-refractivity contribution < 1.29 is 9.18 Å². The first-order valence-corrected chi connectivity index (χ1v) is 4.23. The molecule has 0 aliphatic heterocycles. The Balaban J connectivity index is 3.33. The normalized spacial score (nSPS) is 10.0. The van der Waals surface area contributed by atoms with Gasteiger partial charge in [0.25, 0.3) is 0 Å². The summed E-state index contributed by atoms with van der Waals surface area (Å²) in [6.07, 6.45) is 0. The van der Waals surface area contributed by atoms with E-state index < -0.39 is 5.82 Å². The quantitative estimate of drug-likeness (QED) is 0.506. The highest BCUT2D eigenvalue weighted by atomic mass is 35.5. The standard InChI is InChI=1S/C8H7ClFOP/c1-4(11)5-2-7(10)8(12)3-6(5)9/h2-3H,12H2,1H3. The molecule has 0 aliphatic carbocycles. The lowest BCUT2D eigenvalue weighted by Crippen LogP contribution is -2.03. The molecule has 0 radical (unpaired) electrons. The van der Waals surface area contributed by atoms with Crippen LogP contribution >= 0.6 is 20.8 Å². The predicted molar refractivity (Wildman–Crippen MR) is 50.8 cm³/mol. The lowest BCUT2D eigenvalue weighted by molar-refractivity contribution is 0.101. The lowest BCUT2D eigenvalue weighted by atomic mass is 10.1. The van der Waals surface area contributed by atoms with Gasteiger partial charge in [0, 0.05) is 10.9 Å². The molecule has 1 aromatic rings. The van der Waals surface area contributed by atoms with Crippen molar-refractivity contribution in [2.45, 2.75) is 6.92 Å². The van der Waals surface area contributed by atoms with Crippen LogP contribution in [-0.4, -0.2) is 5.78 Å². The molecule has 0 aliphatic rings. The number of benzene rings is 1. The molecule has 0 N–H and O–H groups in total. The average molecular weight is 205 g/mol. The zero-order chi connectivity index (χ0) is 9.30. The molecule has 1 nitrogen and oxygen atoms in total. The number of hydrogen-bond acceptors (Lipinski definition) is 1. The number of Topliss-reactive ketones (excluding diaryl/α,β-unsaturated/α-hetero) is 1. The summed E-state index contributed by atoms with van der Waals surface area (Å²) in [5.41, 5.74) is 0.223. The maximum Gasteiger partial charge on any atom is 0.161 e. The minimum absolute atomic E-state index is 0.223. The van der Waals surface area contributed by atoms with Crippen LogP contribution in [0.5, 0.6) is 0 Å². The van der Waals surface area contributed by atoms with Crippen molar-refractivity contribution in [2.24, 2.45) is 0 Å². The van der Waals surface area contributed by atoms with E-state index in [9.17, 15) is 9.18 Å². The van der Waals surface area contributed by atoms with E-state index >= 15 is 0 Å². The highest BCUT2D eigenvalue weighted by Crippen LogP contribution is 2.17. The maximum atomic E-state index is 12.9. The fourth-order valence-corrected chi connectivity index (χ4v) is 1.49. The van der Waals surface area contributed by atoms with Gasteiger partial charge < -0.3 is 0 Å². The van der Waals surface area contributed by atoms with Gasteiger partial charge in [-0.25, -0.2) is 4.39 Å². The zero-order valence-corrected chi connectivity index (χ0v) is 8.31. The van der Waals surface area contributed by atoms with Crippen molar-refractivity contribution in [2.75, 3.05) is 0 Å². The van der Waals surface area contributed by atoms with Crippen LogP contribution in [-0.2, 0) is 0 Å². The zero-order valence-electron chi connectivity index (χ0n) is 6.40. The van der Waals surface area contributed by atoms with Gasteiger partial charge >= 0.3 is 0 Å². The van der Waals surface area contributed by atoms with Gasteiger partial charge in [-0.15, -0.1) is 9.24 Å². The number of ketones is 1. The molecule has 0 amide bonds. The van der Waals surface area contributed by atoms with Gasteiger partial charge in [-0.3, -0.25) is 4.79 Å². The number of rotatable bonds is 1. The minimum atomic E-state index is -0.436. The Kier molecular flexibility index (Phi) is 2.81. The van der Waals surface area contributed by atoms with Crippen LogP contribution in [0.25, 0.3) is 0 Å². The molecule has 1 unspecified atom stereocenters. The van der Waals surface area contributed by atoms with Gasteiger partial charge in [-0.2, -0.15) is 0 Å². The Morgan fingerprint density at radius 2 is 2.17 bits per heavy atom. The van der Waals surface area contributed by atoms with E-state index in [0.717, 1.165) is 6.07 Å². The molecule has 0 spiro atoms. The summed E-state index contributed by atoms with van der Waals surface area (Å²) in [6, 6.07) is 2.56. The van der Waals surface area contributed by atoms with Gasteiger partial charge in [0.2, 0.25) is 0 Å². The molecule has 0 bridgehead atoms. The molecule has 64 valence electrons. The molecular formula is C8H7ClFOP. The molecule has 0 fully saturated rings. The van der Waals surface area contributed by atoms with Crippen molar-refractivity contribution in [3.05, 3.63) is 28.5 Å². The van der Waals surface area contributed by atoms with Crippen LogP contribution in [0.3, 0.4) is 0 Å². The Morgan fingerprint density at radius 3 is 2.67 bits per heavy atom. The van der Waals surface area contributed by atoms with Crippen molar-refractivity contribution >= 4 is 31.9 Å². The third kappa shape index (κ3) is 1.82. The summed E-state index contributed by atoms with van der Waals surface area (Å²) in [5, 5.41) is 0.652. The van der Waals surface area contributed by atoms with Crippen molar-refractivity contribution in [3.63, 3.8) is 0 Å². The van der Waals surface area contributed by atoms with E-state index in [1.807, 2.05) is 0 Å². The first-order valence-electron chi connectivity index (χ1n) is 3.28. The number of halogens is 2. The third-order valence-corrected chi connectivity index (χ3v) is 2.22. The second-order valence-corrected chi connectivity index (χ2v) is 3.44. The van der Waals surface area contributed by atoms with E-state index in [-0.39, 0.29) is 16.4 Å². The summed E-state index contributed by atoms with van der Waals surface area (Å²) in [4.78, 5) is 10.9. The van der Waals surface area contributed by atoms with Gasteiger partial charge in [-0.1, -0.05) is 11.6 Å². The van der Waals surface area contributed by atoms with E-state index in [2.05, 4.69) is 9.24 Å². The molecule has 0 saturated heterocycles. The summed E-state index contributed by atoms with van der Waals surface area (Å²) in [6.45, 7) is 1.35. The Hall–Kier alpha value is -0.460. The van der Waals surface area contributed by atoms with Crippen LogP contribution in [0, 0.1) is 5.82 Å². The third-order valence-electron chi connectivity index (χ3n) is 1.47. The lowest BCUT2D eigenvalue weighted by Gasteiger charge is -2.01. The SMILES string of the molecule is CC(=O)c1cc(F)c(P)cc1Cl.